The van der Waals surface area contributed by atoms with E-state index >= 15 is 0 Å². The first-order chi connectivity index (χ1) is 14.1. The fourth-order valence-electron chi connectivity index (χ4n) is 4.41. The SMILES string of the molecule is COCCN1CC=CCC2(CCN(C(=O)c3nccc4ccccc34)CC2)C1=O. The van der Waals surface area contributed by atoms with Gasteiger partial charge in [0.15, 0.2) is 0 Å². The predicted molar refractivity (Wildman–Crippen MR) is 112 cm³/mol. The fourth-order valence-corrected chi connectivity index (χ4v) is 4.41. The number of aromatic nitrogens is 1. The number of likely N-dealkylation sites (tertiary alicyclic amines) is 1. The number of nitrogens with zero attached hydrogens (tertiary/aromatic N) is 3. The molecule has 2 aromatic rings. The van der Waals surface area contributed by atoms with Gasteiger partial charge in [-0.2, -0.15) is 0 Å². The number of hydrogen-bond donors (Lipinski definition) is 0. The molecule has 1 aromatic heterocycles. The molecular weight excluding hydrogens is 366 g/mol. The zero-order valence-corrected chi connectivity index (χ0v) is 16.8. The number of benzene rings is 1. The second kappa shape index (κ2) is 8.33. The molecule has 0 atom stereocenters. The number of allylic oxidation sites excluding steroid dienone is 1. The molecule has 152 valence electrons. The lowest BCUT2D eigenvalue weighted by Gasteiger charge is -2.41. The Labute approximate surface area is 171 Å². The molecule has 0 unspecified atom stereocenters. The van der Waals surface area contributed by atoms with Gasteiger partial charge in [-0.05, 0) is 30.7 Å². The van der Waals surface area contributed by atoms with E-state index in [0.717, 1.165) is 17.2 Å². The van der Waals surface area contributed by atoms with Crippen LogP contribution in [0.2, 0.25) is 0 Å². The van der Waals surface area contributed by atoms with Crippen molar-refractivity contribution in [3.8, 4) is 0 Å². The molecule has 3 heterocycles. The van der Waals surface area contributed by atoms with Gasteiger partial charge in [0.25, 0.3) is 5.91 Å². The van der Waals surface area contributed by atoms with Crippen LogP contribution in [0.4, 0.5) is 0 Å². The number of carbonyl (C=O) groups excluding carboxylic acids is 2. The Morgan fingerprint density at radius 2 is 1.97 bits per heavy atom. The van der Waals surface area contributed by atoms with Crippen LogP contribution in [0, 0.1) is 5.41 Å². The molecule has 6 nitrogen and oxygen atoms in total. The molecule has 4 rings (SSSR count). The number of amides is 2. The number of hydrogen-bond acceptors (Lipinski definition) is 4. The molecule has 1 saturated heterocycles. The molecule has 1 fully saturated rings. The van der Waals surface area contributed by atoms with Crippen LogP contribution in [-0.2, 0) is 9.53 Å². The van der Waals surface area contributed by atoms with E-state index in [1.165, 1.54) is 0 Å². The van der Waals surface area contributed by atoms with E-state index in [-0.39, 0.29) is 11.8 Å². The molecule has 0 N–H and O–H groups in total. The first-order valence-electron chi connectivity index (χ1n) is 10.2. The minimum Gasteiger partial charge on any atom is -0.383 e. The fraction of sp³-hybridized carbons (Fsp3) is 0.435. The van der Waals surface area contributed by atoms with Gasteiger partial charge in [0.05, 0.1) is 12.0 Å². The molecule has 0 aliphatic carbocycles. The van der Waals surface area contributed by atoms with E-state index in [0.29, 0.717) is 51.3 Å². The van der Waals surface area contributed by atoms with Gasteiger partial charge < -0.3 is 14.5 Å². The maximum Gasteiger partial charge on any atom is 0.273 e. The molecule has 2 amide bonds. The van der Waals surface area contributed by atoms with Gasteiger partial charge in [-0.1, -0.05) is 36.4 Å². The summed E-state index contributed by atoms with van der Waals surface area (Å²) < 4.78 is 5.16. The van der Waals surface area contributed by atoms with Gasteiger partial charge in [-0.25, -0.2) is 0 Å². The first-order valence-corrected chi connectivity index (χ1v) is 10.2. The van der Waals surface area contributed by atoms with Crippen LogP contribution in [0.5, 0.6) is 0 Å². The van der Waals surface area contributed by atoms with Crippen LogP contribution in [0.25, 0.3) is 10.8 Å². The lowest BCUT2D eigenvalue weighted by molar-refractivity contribution is -0.144. The monoisotopic (exact) mass is 393 g/mol. The van der Waals surface area contributed by atoms with Crippen molar-refractivity contribution < 1.29 is 14.3 Å². The van der Waals surface area contributed by atoms with Crippen molar-refractivity contribution in [3.05, 3.63) is 54.4 Å². The van der Waals surface area contributed by atoms with Gasteiger partial charge in [0.1, 0.15) is 5.69 Å². The molecule has 0 bridgehead atoms. The second-order valence-corrected chi connectivity index (χ2v) is 7.87. The Morgan fingerprint density at radius 1 is 1.17 bits per heavy atom. The summed E-state index contributed by atoms with van der Waals surface area (Å²) in [6.45, 7) is 2.91. The predicted octanol–water partition coefficient (Wildman–Crippen LogP) is 2.89. The van der Waals surface area contributed by atoms with Crippen molar-refractivity contribution in [1.29, 1.82) is 0 Å². The molecular formula is C23H27N3O3. The standard InChI is InChI=1S/C23H27N3O3/c1-29-17-16-26-13-5-4-9-23(22(26)28)10-14-25(15-11-23)21(27)20-19-7-3-2-6-18(19)8-12-24-20/h2-8,12H,9-11,13-17H2,1H3. The highest BCUT2D eigenvalue weighted by Gasteiger charge is 2.44. The van der Waals surface area contributed by atoms with Crippen LogP contribution in [0.15, 0.2) is 48.7 Å². The third-order valence-corrected chi connectivity index (χ3v) is 6.19. The second-order valence-electron chi connectivity index (χ2n) is 7.87. The summed E-state index contributed by atoms with van der Waals surface area (Å²) in [6.07, 6.45) is 7.97. The van der Waals surface area contributed by atoms with Crippen LogP contribution in [-0.4, -0.2) is 66.5 Å². The van der Waals surface area contributed by atoms with Gasteiger partial charge in [-0.3, -0.25) is 14.6 Å². The smallest absolute Gasteiger partial charge is 0.273 e. The molecule has 2 aliphatic rings. The molecule has 6 heteroatoms. The topological polar surface area (TPSA) is 62.7 Å². The first kappa shape index (κ1) is 19.6. The van der Waals surface area contributed by atoms with E-state index in [1.807, 2.05) is 40.1 Å². The Kier molecular flexibility index (Phi) is 5.62. The van der Waals surface area contributed by atoms with E-state index < -0.39 is 5.41 Å². The maximum absolute atomic E-state index is 13.3. The number of methoxy groups -OCH3 is 1. The zero-order valence-electron chi connectivity index (χ0n) is 16.8. The largest absolute Gasteiger partial charge is 0.383 e. The molecule has 0 radical (unpaired) electrons. The van der Waals surface area contributed by atoms with Crippen molar-refractivity contribution in [2.75, 3.05) is 39.9 Å². The molecule has 29 heavy (non-hydrogen) atoms. The lowest BCUT2D eigenvalue weighted by atomic mass is 9.74. The van der Waals surface area contributed by atoms with Gasteiger partial charge >= 0.3 is 0 Å². The molecule has 2 aliphatic heterocycles. The average molecular weight is 393 g/mol. The summed E-state index contributed by atoms with van der Waals surface area (Å²) in [7, 11) is 1.65. The molecule has 1 spiro atoms. The van der Waals surface area contributed by atoms with Crippen LogP contribution >= 0.6 is 0 Å². The number of pyridine rings is 1. The highest BCUT2D eigenvalue weighted by Crippen LogP contribution is 2.39. The van der Waals surface area contributed by atoms with Crippen LogP contribution < -0.4 is 0 Å². The number of rotatable bonds is 4. The lowest BCUT2D eigenvalue weighted by Crippen LogP contribution is -2.51. The van der Waals surface area contributed by atoms with Crippen LogP contribution in [0.1, 0.15) is 29.8 Å². The Hall–Kier alpha value is -2.73. The van der Waals surface area contributed by atoms with E-state index in [1.54, 1.807) is 13.3 Å². The highest BCUT2D eigenvalue weighted by atomic mass is 16.5. The quantitative estimate of drug-likeness (QED) is 0.750. The summed E-state index contributed by atoms with van der Waals surface area (Å²) in [6, 6.07) is 9.74. The van der Waals surface area contributed by atoms with E-state index in [2.05, 4.69) is 17.1 Å². The van der Waals surface area contributed by atoms with Crippen molar-refractivity contribution >= 4 is 22.6 Å². The number of carbonyl (C=O) groups is 2. The van der Waals surface area contributed by atoms with E-state index in [9.17, 15) is 9.59 Å². The average Bonchev–Trinajstić information content (AvgIpc) is 2.91. The van der Waals surface area contributed by atoms with Crippen molar-refractivity contribution in [2.45, 2.75) is 19.3 Å². The summed E-state index contributed by atoms with van der Waals surface area (Å²) in [4.78, 5) is 34.5. The minimum atomic E-state index is -0.413. The summed E-state index contributed by atoms with van der Waals surface area (Å²) in [5.41, 5.74) is 0.0804. The molecule has 1 aromatic carbocycles. The number of fused-ring (bicyclic) bond motifs is 1. The van der Waals surface area contributed by atoms with Crippen molar-refractivity contribution in [1.82, 2.24) is 14.8 Å². The number of ether oxygens (including phenoxy) is 1. The summed E-state index contributed by atoms with van der Waals surface area (Å²) in [5, 5.41) is 1.89. The normalized spacial score (nSPS) is 19.0. The van der Waals surface area contributed by atoms with Gasteiger partial charge in [-0.15, -0.1) is 0 Å². The third-order valence-electron chi connectivity index (χ3n) is 6.19. The molecule has 0 saturated carbocycles. The zero-order chi connectivity index (χ0) is 20.3. The summed E-state index contributed by atoms with van der Waals surface area (Å²) >= 11 is 0. The Morgan fingerprint density at radius 3 is 2.76 bits per heavy atom. The maximum atomic E-state index is 13.3. The van der Waals surface area contributed by atoms with Crippen molar-refractivity contribution in [3.63, 3.8) is 0 Å². The van der Waals surface area contributed by atoms with E-state index in [4.69, 9.17) is 4.74 Å². The Balaban J connectivity index is 1.50. The summed E-state index contributed by atoms with van der Waals surface area (Å²) in [5.74, 6) is 0.138. The minimum absolute atomic E-state index is 0.0514. The van der Waals surface area contributed by atoms with Gasteiger partial charge in [0, 0.05) is 44.9 Å². The van der Waals surface area contributed by atoms with Crippen molar-refractivity contribution in [2.24, 2.45) is 5.41 Å². The highest BCUT2D eigenvalue weighted by molar-refractivity contribution is 6.05. The third kappa shape index (κ3) is 3.77. The van der Waals surface area contributed by atoms with Gasteiger partial charge in [0.2, 0.25) is 5.91 Å². The van der Waals surface area contributed by atoms with Crippen LogP contribution in [0.3, 0.4) is 0 Å². The number of piperidine rings is 1. The Bertz CT molecular complexity index is 927.